The largest absolute Gasteiger partial charge is 0.362 e. The first kappa shape index (κ1) is 7.89. The number of rotatable bonds is 1. The van der Waals surface area contributed by atoms with Crippen LogP contribution in [0.4, 0.5) is 0 Å². The van der Waals surface area contributed by atoms with Crippen LogP contribution in [0.25, 0.3) is 5.53 Å². The Labute approximate surface area is 65.3 Å². The molecule has 0 radical (unpaired) electrons. The third kappa shape index (κ3) is 1.63. The van der Waals surface area contributed by atoms with Gasteiger partial charge in [0.25, 0.3) is 5.71 Å². The van der Waals surface area contributed by atoms with Gasteiger partial charge in [-0.2, -0.15) is 4.79 Å². The fraction of sp³-hybridized carbons (Fsp3) is 0.500. The van der Waals surface area contributed by atoms with Gasteiger partial charge in [-0.25, -0.2) is 0 Å². The first-order valence-electron chi connectivity index (χ1n) is 3.61. The average Bonchev–Trinajstić information content (AvgIpc) is 2.04. The molecule has 0 aromatic heterocycles. The molecule has 1 unspecified atom stereocenters. The lowest BCUT2D eigenvalue weighted by Gasteiger charge is -2.08. The monoisotopic (exact) mass is 150 g/mol. The maximum Gasteiger partial charge on any atom is 0.283 e. The molecule has 1 atom stereocenters. The lowest BCUT2D eigenvalue weighted by molar-refractivity contribution is -0.109. The van der Waals surface area contributed by atoms with Gasteiger partial charge in [-0.15, -0.1) is 0 Å². The predicted molar refractivity (Wildman–Crippen MR) is 41.2 cm³/mol. The van der Waals surface area contributed by atoms with E-state index in [4.69, 9.17) is 5.53 Å². The third-order valence-corrected chi connectivity index (χ3v) is 1.90. The topological polar surface area (TPSA) is 53.5 Å². The maximum absolute atomic E-state index is 10.4. The van der Waals surface area contributed by atoms with E-state index in [1.54, 1.807) is 0 Å². The fourth-order valence-corrected chi connectivity index (χ4v) is 1.21. The highest BCUT2D eigenvalue weighted by Crippen LogP contribution is 2.17. The van der Waals surface area contributed by atoms with Crippen molar-refractivity contribution >= 4 is 12.0 Å². The zero-order valence-corrected chi connectivity index (χ0v) is 6.45. The van der Waals surface area contributed by atoms with Crippen molar-refractivity contribution in [2.24, 2.45) is 5.92 Å². The summed E-state index contributed by atoms with van der Waals surface area (Å²) in [5, 5.41) is 0. The summed E-state index contributed by atoms with van der Waals surface area (Å²) < 4.78 is 0. The van der Waals surface area contributed by atoms with E-state index in [0.29, 0.717) is 12.1 Å². The molecule has 0 spiro atoms. The minimum Gasteiger partial charge on any atom is -0.362 e. The quantitative estimate of drug-likeness (QED) is 0.240. The van der Waals surface area contributed by atoms with Crippen LogP contribution in [0, 0.1) is 5.92 Å². The number of nitrogens with zero attached hydrogens (tertiary/aromatic N) is 2. The molecule has 0 amide bonds. The lowest BCUT2D eigenvalue weighted by Crippen LogP contribution is -2.19. The molecule has 1 aliphatic rings. The third-order valence-electron chi connectivity index (χ3n) is 1.90. The second kappa shape index (κ2) is 3.26. The van der Waals surface area contributed by atoms with Crippen molar-refractivity contribution in [1.29, 1.82) is 0 Å². The molecule has 0 aliphatic heterocycles. The van der Waals surface area contributed by atoms with E-state index >= 15 is 0 Å². The summed E-state index contributed by atoms with van der Waals surface area (Å²) in [4.78, 5) is 13.5. The molecule has 1 rings (SSSR count). The summed E-state index contributed by atoms with van der Waals surface area (Å²) in [6.45, 7) is 1.98. The van der Waals surface area contributed by atoms with Crippen molar-refractivity contribution in [3.63, 3.8) is 0 Å². The number of carbonyl (C=O) groups is 1. The summed E-state index contributed by atoms with van der Waals surface area (Å²) in [6, 6.07) is 0. The van der Waals surface area contributed by atoms with Crippen molar-refractivity contribution in [1.82, 2.24) is 0 Å². The first-order chi connectivity index (χ1) is 5.27. The molecule has 3 heteroatoms. The van der Waals surface area contributed by atoms with E-state index in [1.165, 1.54) is 5.57 Å². The minimum atomic E-state index is -0.297. The molecule has 0 saturated heterocycles. The average molecular weight is 150 g/mol. The molecule has 58 valence electrons. The van der Waals surface area contributed by atoms with E-state index in [0.717, 1.165) is 12.7 Å². The van der Waals surface area contributed by atoms with Crippen LogP contribution < -0.4 is 0 Å². The highest BCUT2D eigenvalue weighted by molar-refractivity contribution is 5.96. The van der Waals surface area contributed by atoms with E-state index in [2.05, 4.69) is 4.79 Å². The van der Waals surface area contributed by atoms with Gasteiger partial charge in [-0.3, -0.25) is 0 Å². The molecule has 0 saturated carbocycles. The molecule has 0 heterocycles. The van der Waals surface area contributed by atoms with Crippen LogP contribution in [0.5, 0.6) is 0 Å². The van der Waals surface area contributed by atoms with Crippen LogP contribution in [0.3, 0.4) is 0 Å². The highest BCUT2D eigenvalue weighted by Gasteiger charge is 2.24. The molecular formula is C8H10N2O. The molecule has 0 N–H and O–H groups in total. The van der Waals surface area contributed by atoms with Gasteiger partial charge in [0.2, 0.25) is 0 Å². The van der Waals surface area contributed by atoms with Crippen molar-refractivity contribution in [2.75, 3.05) is 0 Å². The Morgan fingerprint density at radius 1 is 1.73 bits per heavy atom. The standard InChI is InChI=1S/C8H10N2O/c1-6-2-3-8(10-9)7(4-6)5-11/h4-5,7H,2-3H2,1H3. The van der Waals surface area contributed by atoms with Crippen LogP contribution in [-0.2, 0) is 4.79 Å². The zero-order valence-electron chi connectivity index (χ0n) is 6.45. The molecular weight excluding hydrogens is 140 g/mol. The van der Waals surface area contributed by atoms with Gasteiger partial charge in [-0.1, -0.05) is 11.6 Å². The number of allylic oxidation sites excluding steroid dienone is 2. The fourth-order valence-electron chi connectivity index (χ4n) is 1.21. The van der Waals surface area contributed by atoms with E-state index in [-0.39, 0.29) is 5.92 Å². The van der Waals surface area contributed by atoms with Gasteiger partial charge in [0.1, 0.15) is 12.2 Å². The van der Waals surface area contributed by atoms with Crippen molar-refractivity contribution in [2.45, 2.75) is 19.8 Å². The molecule has 0 aromatic rings. The van der Waals surface area contributed by atoms with Gasteiger partial charge < -0.3 is 10.3 Å². The summed E-state index contributed by atoms with van der Waals surface area (Å²) in [7, 11) is 0. The van der Waals surface area contributed by atoms with Crippen LogP contribution in [-0.4, -0.2) is 16.8 Å². The maximum atomic E-state index is 10.4. The normalized spacial score (nSPS) is 23.9. The van der Waals surface area contributed by atoms with E-state index < -0.39 is 0 Å². The molecule has 1 aliphatic carbocycles. The molecule has 0 bridgehead atoms. The minimum absolute atomic E-state index is 0.297. The molecule has 3 nitrogen and oxygen atoms in total. The SMILES string of the molecule is CC1=CC(C=O)C(=[N+]=[N-])CC1. The van der Waals surface area contributed by atoms with Crippen LogP contribution in [0.2, 0.25) is 0 Å². The van der Waals surface area contributed by atoms with Gasteiger partial charge in [0.05, 0.1) is 0 Å². The Hall–Kier alpha value is -1.21. The Balaban J connectivity index is 2.92. The van der Waals surface area contributed by atoms with Gasteiger partial charge in [0.15, 0.2) is 0 Å². The Morgan fingerprint density at radius 3 is 3.00 bits per heavy atom. The number of carbonyl (C=O) groups excluding carboxylic acids is 1. The number of hydrogen-bond donors (Lipinski definition) is 0. The summed E-state index contributed by atoms with van der Waals surface area (Å²) in [5.74, 6) is -0.297. The Bertz CT molecular complexity index is 249. The van der Waals surface area contributed by atoms with Gasteiger partial charge in [0, 0.05) is 6.42 Å². The van der Waals surface area contributed by atoms with Crippen molar-refractivity contribution < 1.29 is 9.58 Å². The molecule has 11 heavy (non-hydrogen) atoms. The Morgan fingerprint density at radius 2 is 2.45 bits per heavy atom. The summed E-state index contributed by atoms with van der Waals surface area (Å²) >= 11 is 0. The first-order valence-corrected chi connectivity index (χ1v) is 3.61. The van der Waals surface area contributed by atoms with Crippen LogP contribution in [0.1, 0.15) is 19.8 Å². The highest BCUT2D eigenvalue weighted by atomic mass is 16.1. The Kier molecular flexibility index (Phi) is 2.34. The number of aldehydes is 1. The number of hydrogen-bond acceptors (Lipinski definition) is 1. The van der Waals surface area contributed by atoms with Gasteiger partial charge >= 0.3 is 0 Å². The zero-order chi connectivity index (χ0) is 8.27. The van der Waals surface area contributed by atoms with Crippen molar-refractivity contribution in [3.8, 4) is 0 Å². The van der Waals surface area contributed by atoms with Crippen LogP contribution >= 0.6 is 0 Å². The smallest absolute Gasteiger partial charge is 0.283 e. The van der Waals surface area contributed by atoms with E-state index in [9.17, 15) is 4.79 Å². The molecule has 0 fully saturated rings. The predicted octanol–water partition coefficient (Wildman–Crippen LogP) is 1.21. The summed E-state index contributed by atoms with van der Waals surface area (Å²) in [6.07, 6.45) is 4.23. The lowest BCUT2D eigenvalue weighted by atomic mass is 9.90. The van der Waals surface area contributed by atoms with Crippen molar-refractivity contribution in [3.05, 3.63) is 17.2 Å². The molecule has 0 aromatic carbocycles. The second-order valence-corrected chi connectivity index (χ2v) is 2.77. The van der Waals surface area contributed by atoms with Gasteiger partial charge in [-0.05, 0) is 13.3 Å². The summed E-state index contributed by atoms with van der Waals surface area (Å²) in [5.41, 5.74) is 10.2. The van der Waals surface area contributed by atoms with Crippen LogP contribution in [0.15, 0.2) is 11.6 Å². The van der Waals surface area contributed by atoms with E-state index in [1.807, 2.05) is 13.0 Å². The second-order valence-electron chi connectivity index (χ2n) is 2.77.